The van der Waals surface area contributed by atoms with Gasteiger partial charge >= 0.3 is 30.3 Å². The van der Waals surface area contributed by atoms with Gasteiger partial charge in [0.05, 0.1) is 59.9 Å². The smallest absolute Gasteiger partial charge is 0.407 e. The van der Waals surface area contributed by atoms with E-state index in [1.54, 1.807) is 50.2 Å². The molecule has 44 heteroatoms. The Kier molecular flexibility index (Phi) is 37.2. The Bertz CT molecular complexity index is 4410. The van der Waals surface area contributed by atoms with Gasteiger partial charge in [-0.05, 0) is 60.0 Å². The molecule has 0 spiro atoms. The number of esters is 2. The number of aliphatic hydroxyl groups is 16. The first-order valence-electron chi connectivity index (χ1n) is 36.9. The summed E-state index contributed by atoms with van der Waals surface area (Å²) in [6, 6.07) is 18.5. The number of alkyl carbamates (subject to hydrolysis) is 1. The fraction of sp³-hybridized carbons (Fsp3) is 0.494. The molecule has 0 aromatic heterocycles. The van der Waals surface area contributed by atoms with E-state index in [0.29, 0.717) is 34.5 Å². The first kappa shape index (κ1) is 98.8. The average molecular weight is 1720 g/mol. The lowest BCUT2D eigenvalue weighted by molar-refractivity contribution is -0.328. The maximum absolute atomic E-state index is 13.7. The van der Waals surface area contributed by atoms with Gasteiger partial charge in [0.15, 0.2) is 42.5 Å². The van der Waals surface area contributed by atoms with E-state index in [9.17, 15) is 104 Å². The monoisotopic (exact) mass is 1710 g/mol. The van der Waals surface area contributed by atoms with Gasteiger partial charge in [-0.25, -0.2) is 4.79 Å². The lowest BCUT2D eigenvalue weighted by atomic mass is 9.63. The summed E-state index contributed by atoms with van der Waals surface area (Å²) in [7, 11) is 0. The first-order valence-corrected chi connectivity index (χ1v) is 36.9. The molecule has 4 heterocycles. The highest BCUT2D eigenvalue weighted by atomic mass is 16.7. The Morgan fingerprint density at radius 3 is 1.55 bits per heavy atom. The van der Waals surface area contributed by atoms with Crippen LogP contribution in [0, 0.1) is 11.8 Å². The molecular weight excluding hydrogens is 1620 g/mol. The van der Waals surface area contributed by atoms with E-state index in [2.05, 4.69) is 26.0 Å². The van der Waals surface area contributed by atoms with Crippen molar-refractivity contribution in [3.05, 3.63) is 129 Å². The number of ether oxygens (including phenoxy) is 10. The second-order valence-corrected chi connectivity index (χ2v) is 27.7. The summed E-state index contributed by atoms with van der Waals surface area (Å²) in [5, 5.41) is 178. The molecule has 4 saturated heterocycles. The van der Waals surface area contributed by atoms with E-state index in [-0.39, 0.29) is 121 Å². The molecule has 0 radical (unpaired) electrons. The van der Waals surface area contributed by atoms with Crippen molar-refractivity contribution >= 4 is 82.5 Å². The minimum absolute atomic E-state index is 0.0154. The molecule has 121 heavy (non-hydrogen) atoms. The average Bonchev–Trinajstić information content (AvgIpc) is 0.718. The Labute approximate surface area is 685 Å². The van der Waals surface area contributed by atoms with Gasteiger partial charge in [0.25, 0.3) is 0 Å². The Morgan fingerprint density at radius 1 is 0.545 bits per heavy atom. The fourth-order valence-corrected chi connectivity index (χ4v) is 12.8. The van der Waals surface area contributed by atoms with Crippen molar-refractivity contribution in [3.63, 3.8) is 0 Å². The normalized spacial score (nSPS) is 28.7. The summed E-state index contributed by atoms with van der Waals surface area (Å²) in [5.74, 6) is -8.22. The zero-order valence-corrected chi connectivity index (χ0v) is 65.3. The quantitative estimate of drug-likeness (QED) is 0.0249. The molecule has 3 aliphatic carbocycles. The van der Waals surface area contributed by atoms with Crippen LogP contribution in [-0.4, -0.2) is 282 Å². The third kappa shape index (κ3) is 26.5. The van der Waals surface area contributed by atoms with Crippen molar-refractivity contribution in [2.75, 3.05) is 29.2 Å². The van der Waals surface area contributed by atoms with E-state index in [4.69, 9.17) is 87.3 Å². The molecule has 21 N–H and O–H groups in total. The molecule has 5 fully saturated rings. The van der Waals surface area contributed by atoms with Crippen molar-refractivity contribution < 1.29 is 197 Å². The molecule has 4 aromatic rings. The molecule has 11 rings (SSSR count). The molecule has 20 atom stereocenters. The van der Waals surface area contributed by atoms with E-state index >= 15 is 0 Å². The molecule has 19 unspecified atom stereocenters. The van der Waals surface area contributed by atoms with Crippen LogP contribution in [0.5, 0.6) is 17.2 Å². The summed E-state index contributed by atoms with van der Waals surface area (Å²) >= 11 is 0. The predicted octanol–water partition coefficient (Wildman–Crippen LogP) is -2.39. The van der Waals surface area contributed by atoms with Gasteiger partial charge in [0, 0.05) is 81.6 Å². The number of benzene rings is 4. The number of rotatable bonds is 20. The van der Waals surface area contributed by atoms with E-state index in [0.717, 1.165) is 0 Å². The third-order valence-electron chi connectivity index (χ3n) is 19.0. The predicted molar refractivity (Wildman–Crippen MR) is 396 cm³/mol. The van der Waals surface area contributed by atoms with Crippen LogP contribution >= 0.6 is 0 Å². The van der Waals surface area contributed by atoms with Crippen LogP contribution in [0.25, 0.3) is 0 Å². The maximum Gasteiger partial charge on any atom is 0.407 e. The number of aromatic hydroxyl groups is 1. The highest BCUT2D eigenvalue weighted by Gasteiger charge is 2.57. The molecular formula is C77H94N4O40. The summed E-state index contributed by atoms with van der Waals surface area (Å²) in [6.07, 6.45) is -25.8. The number of ketones is 3. The summed E-state index contributed by atoms with van der Waals surface area (Å²) in [6.45, 7) is 7.10. The standard InChI is InChI=1S/C41H46N2O18.C17H23NO8.C12H15NO4.C5H10O6.2CO2/c1-16-32(48)23(43-40(55)58-14-18-7-8-25(22(9-18)42-17(2)45)61-39-38(54)36(52)24(46)15-57-39)10-28(59-16)60-26-12-41(56,27(47)13-44)11-21-29(26)37(53)31-30(35(21)51)33(49)19-5-3-4-6-20(19)34(31)50;1-3-14(21)18-11-6-10(8-24-9(2)19)4-5-13(11)25-15-7-12(20)16(22)17(23)26-15;1-3-12(16)13-10-6-9(4-5-11(10)15)7-17-8(2)14;6-1-2(7)4(9)11-5(10)3(1)8;2*2-1-3/h3-9,16,23-24,26,28,30-32,36,38-39,44,46,48,51-54,56H,10-15H2,1-2H3,(H,42,45)(H,43,55);4-6,12,15-17,20,22-23H,3,7-8H2,1-2H3,(H,18,21);4-6,15H,3,7H2,1-2H3,(H,13,16);1-10H;;/t16?,23?,24?,26?,28?,30?,31?,32?,36?,38?,39?,41-;;;;;/m0...../s1. The molecule has 0 bridgehead atoms. The first-order chi connectivity index (χ1) is 57.1. The van der Waals surface area contributed by atoms with E-state index in [1.807, 2.05) is 0 Å². The minimum Gasteiger partial charge on any atom is -0.511 e. The van der Waals surface area contributed by atoms with Gasteiger partial charge in [0.2, 0.25) is 30.3 Å². The number of fused-ring (bicyclic) bond motifs is 3. The Morgan fingerprint density at radius 2 is 1.03 bits per heavy atom. The lowest BCUT2D eigenvalue weighted by Crippen LogP contribution is -2.57. The minimum atomic E-state index is -2.36. The van der Waals surface area contributed by atoms with Gasteiger partial charge in [-0.3, -0.25) is 38.4 Å². The van der Waals surface area contributed by atoms with E-state index < -0.39 is 195 Å². The highest BCUT2D eigenvalue weighted by molar-refractivity contribution is 6.18. The van der Waals surface area contributed by atoms with Gasteiger partial charge in [-0.15, -0.1) is 0 Å². The molecule has 4 aliphatic heterocycles. The number of phenols is 1. The zero-order chi connectivity index (χ0) is 90.2. The van der Waals surface area contributed by atoms with Crippen LogP contribution in [0.2, 0.25) is 0 Å². The van der Waals surface area contributed by atoms with Gasteiger partial charge < -0.3 is 155 Å². The van der Waals surface area contributed by atoms with Crippen LogP contribution in [0.3, 0.4) is 0 Å². The number of allylic oxidation sites excluding steroid dienone is 2. The molecule has 662 valence electrons. The summed E-state index contributed by atoms with van der Waals surface area (Å²) in [5.41, 5.74) is -0.238. The Hall–Kier alpha value is -11.0. The van der Waals surface area contributed by atoms with Crippen LogP contribution in [0.1, 0.15) is 117 Å². The van der Waals surface area contributed by atoms with Crippen LogP contribution < -0.4 is 30.7 Å². The van der Waals surface area contributed by atoms with Crippen molar-refractivity contribution in [1.82, 2.24) is 5.32 Å². The number of amides is 4. The third-order valence-corrected chi connectivity index (χ3v) is 19.0. The van der Waals surface area contributed by atoms with Gasteiger partial charge in [0.1, 0.15) is 110 Å². The summed E-state index contributed by atoms with van der Waals surface area (Å²) in [4.78, 5) is 142. The fourth-order valence-electron chi connectivity index (χ4n) is 12.8. The largest absolute Gasteiger partial charge is 0.511 e. The van der Waals surface area contributed by atoms with Crippen LogP contribution in [0.4, 0.5) is 21.9 Å². The number of aliphatic hydroxyl groups excluding tert-OH is 15. The van der Waals surface area contributed by atoms with Crippen molar-refractivity contribution in [2.45, 2.75) is 216 Å². The molecule has 1 saturated carbocycles. The number of phenolic OH excluding ortho intramolecular Hbond substituents is 1. The number of hydrogen-bond donors (Lipinski definition) is 21. The summed E-state index contributed by atoms with van der Waals surface area (Å²) < 4.78 is 53.2. The lowest BCUT2D eigenvalue weighted by Gasteiger charge is -2.46. The highest BCUT2D eigenvalue weighted by Crippen LogP contribution is 2.51. The maximum atomic E-state index is 13.7. The number of Topliss-reactive ketones (excluding diaryl/α,β-unsaturated/α-hetero) is 3. The number of nitrogens with one attached hydrogen (secondary N) is 4. The molecule has 4 aromatic carbocycles. The van der Waals surface area contributed by atoms with Crippen molar-refractivity contribution in [1.29, 1.82) is 0 Å². The number of carbonyl (C=O) groups excluding carboxylic acids is 13. The van der Waals surface area contributed by atoms with Crippen LogP contribution in [0.15, 0.2) is 102 Å². The molecule has 7 aliphatic rings. The topological polar surface area (TPSA) is 706 Å². The number of anilines is 3. The zero-order valence-electron chi connectivity index (χ0n) is 65.3. The van der Waals surface area contributed by atoms with Crippen LogP contribution in [-0.2, 0) is 106 Å². The molecule has 44 nitrogen and oxygen atoms in total. The van der Waals surface area contributed by atoms with Crippen molar-refractivity contribution in [2.24, 2.45) is 11.8 Å². The van der Waals surface area contributed by atoms with E-state index in [1.165, 1.54) is 70.2 Å². The molecule has 4 amide bonds. The number of carbonyl (C=O) groups is 9. The van der Waals surface area contributed by atoms with Gasteiger partial charge in [-0.1, -0.05) is 56.3 Å². The second kappa shape index (κ2) is 45.6. The van der Waals surface area contributed by atoms with Crippen molar-refractivity contribution in [3.8, 4) is 17.2 Å². The van der Waals surface area contributed by atoms with Gasteiger partial charge in [-0.2, -0.15) is 19.2 Å². The Balaban J connectivity index is 0.000000306. The second-order valence-electron chi connectivity index (χ2n) is 27.7. The number of hydrogen-bond acceptors (Lipinski definition) is 40. The SMILES string of the molecule is CC(=O)Nc1cc(COC(=O)NC2CC(OC3C[C@](O)(C(=O)CO)CC4=C(O)C5C(=O)c6ccccc6C(=O)C5C(O)=C43)OC(C)C2O)ccc1OC1OCC(O)C(O)C1O.CCC(=O)Nc1cc(COC(C)=O)ccc1O.CCC(=O)Nc1cc(COC(C)=O)ccc1OC1CC(O)C(O)C(O)O1.O=C=O.O=C=O.OC1OC(O)C(O)C(O)C1O.